The first kappa shape index (κ1) is 11.4. The van der Waals surface area contributed by atoms with Gasteiger partial charge in [-0.05, 0) is 18.2 Å². The Kier molecular flexibility index (Phi) is 3.55. The van der Waals surface area contributed by atoms with Crippen molar-refractivity contribution in [2.24, 2.45) is 0 Å². The van der Waals surface area contributed by atoms with Gasteiger partial charge in [0.15, 0.2) is 0 Å². The molecule has 1 aromatic carbocycles. The lowest BCUT2D eigenvalue weighted by molar-refractivity contribution is 0.626. The average molecular weight is 232 g/mol. The van der Waals surface area contributed by atoms with Crippen molar-refractivity contribution in [3.05, 3.63) is 64.8 Å². The van der Waals surface area contributed by atoms with Crippen LogP contribution in [-0.4, -0.2) is 11.1 Å². The molecule has 0 saturated heterocycles. The standard InChI is InChI=1S/C13H13FN2O/c14-11-5-1-2-6-12(11)15-8-10-16-9-4-3-7-13(16)17/h1-7,9,15H,8,10H2. The van der Waals surface area contributed by atoms with Crippen LogP contribution in [0.5, 0.6) is 0 Å². The smallest absolute Gasteiger partial charge is 0.250 e. The van der Waals surface area contributed by atoms with E-state index in [1.807, 2.05) is 0 Å². The zero-order chi connectivity index (χ0) is 12.1. The summed E-state index contributed by atoms with van der Waals surface area (Å²) in [7, 11) is 0. The third kappa shape index (κ3) is 2.93. The van der Waals surface area contributed by atoms with E-state index >= 15 is 0 Å². The fourth-order valence-corrected chi connectivity index (χ4v) is 1.56. The van der Waals surface area contributed by atoms with Crippen molar-refractivity contribution in [3.8, 4) is 0 Å². The Balaban J connectivity index is 1.95. The van der Waals surface area contributed by atoms with E-state index < -0.39 is 0 Å². The van der Waals surface area contributed by atoms with Crippen LogP contribution < -0.4 is 10.9 Å². The first-order valence-electron chi connectivity index (χ1n) is 5.41. The summed E-state index contributed by atoms with van der Waals surface area (Å²) in [6, 6.07) is 11.5. The van der Waals surface area contributed by atoms with E-state index in [9.17, 15) is 9.18 Å². The molecule has 0 unspecified atom stereocenters. The van der Waals surface area contributed by atoms with Crippen LogP contribution in [-0.2, 0) is 6.54 Å². The summed E-state index contributed by atoms with van der Waals surface area (Å²) < 4.78 is 14.8. The average Bonchev–Trinajstić information content (AvgIpc) is 2.34. The molecule has 0 bridgehead atoms. The second-order valence-corrected chi connectivity index (χ2v) is 3.64. The molecule has 3 nitrogen and oxygen atoms in total. The van der Waals surface area contributed by atoms with Crippen molar-refractivity contribution in [3.63, 3.8) is 0 Å². The van der Waals surface area contributed by atoms with Crippen LogP contribution in [0.25, 0.3) is 0 Å². The van der Waals surface area contributed by atoms with Gasteiger partial charge in [-0.25, -0.2) is 4.39 Å². The van der Waals surface area contributed by atoms with Crippen LogP contribution in [0.3, 0.4) is 0 Å². The molecule has 0 saturated carbocycles. The highest BCUT2D eigenvalue weighted by atomic mass is 19.1. The topological polar surface area (TPSA) is 34.0 Å². The molecular formula is C13H13FN2O. The fraction of sp³-hybridized carbons (Fsp3) is 0.154. The van der Waals surface area contributed by atoms with Gasteiger partial charge < -0.3 is 9.88 Å². The maximum Gasteiger partial charge on any atom is 0.250 e. The number of nitrogens with zero attached hydrogens (tertiary/aromatic N) is 1. The minimum Gasteiger partial charge on any atom is -0.381 e. The van der Waals surface area contributed by atoms with Gasteiger partial charge in [-0.2, -0.15) is 0 Å². The van der Waals surface area contributed by atoms with E-state index in [0.717, 1.165) is 0 Å². The van der Waals surface area contributed by atoms with Gasteiger partial charge in [-0.3, -0.25) is 4.79 Å². The summed E-state index contributed by atoms with van der Waals surface area (Å²) in [5.41, 5.74) is 0.402. The maximum atomic E-state index is 13.3. The Morgan fingerprint density at radius 2 is 1.88 bits per heavy atom. The molecule has 88 valence electrons. The van der Waals surface area contributed by atoms with Crippen LogP contribution in [0.2, 0.25) is 0 Å². The number of benzene rings is 1. The predicted molar refractivity (Wildman–Crippen MR) is 65.6 cm³/mol. The summed E-state index contributed by atoms with van der Waals surface area (Å²) in [4.78, 5) is 11.4. The SMILES string of the molecule is O=c1ccccn1CCNc1ccccc1F. The number of hydrogen-bond donors (Lipinski definition) is 1. The summed E-state index contributed by atoms with van der Waals surface area (Å²) >= 11 is 0. The van der Waals surface area contributed by atoms with Crippen molar-refractivity contribution in [1.82, 2.24) is 4.57 Å². The minimum absolute atomic E-state index is 0.0529. The van der Waals surface area contributed by atoms with Gasteiger partial charge in [0.25, 0.3) is 5.56 Å². The summed E-state index contributed by atoms with van der Waals surface area (Å²) in [5, 5.41) is 2.95. The summed E-state index contributed by atoms with van der Waals surface area (Å²) in [6.07, 6.45) is 1.71. The first-order chi connectivity index (χ1) is 8.27. The van der Waals surface area contributed by atoms with Gasteiger partial charge >= 0.3 is 0 Å². The van der Waals surface area contributed by atoms with E-state index in [0.29, 0.717) is 18.8 Å². The third-order valence-corrected chi connectivity index (χ3v) is 2.44. The van der Waals surface area contributed by atoms with Crippen LogP contribution in [0.15, 0.2) is 53.5 Å². The van der Waals surface area contributed by atoms with Gasteiger partial charge in [-0.1, -0.05) is 18.2 Å². The molecule has 2 rings (SSSR count). The van der Waals surface area contributed by atoms with Gasteiger partial charge in [0.1, 0.15) is 5.82 Å². The zero-order valence-corrected chi connectivity index (χ0v) is 9.27. The largest absolute Gasteiger partial charge is 0.381 e. The Hall–Kier alpha value is -2.10. The zero-order valence-electron chi connectivity index (χ0n) is 9.27. The van der Waals surface area contributed by atoms with Crippen molar-refractivity contribution in [2.45, 2.75) is 6.54 Å². The van der Waals surface area contributed by atoms with Crippen LogP contribution in [0.1, 0.15) is 0 Å². The number of hydrogen-bond acceptors (Lipinski definition) is 2. The molecule has 4 heteroatoms. The van der Waals surface area contributed by atoms with Crippen molar-refractivity contribution in [1.29, 1.82) is 0 Å². The molecule has 17 heavy (non-hydrogen) atoms. The van der Waals surface area contributed by atoms with Crippen molar-refractivity contribution >= 4 is 5.69 Å². The van der Waals surface area contributed by atoms with E-state index in [1.165, 1.54) is 12.1 Å². The van der Waals surface area contributed by atoms with E-state index in [-0.39, 0.29) is 11.4 Å². The second kappa shape index (κ2) is 5.30. The highest BCUT2D eigenvalue weighted by Gasteiger charge is 1.99. The first-order valence-corrected chi connectivity index (χ1v) is 5.41. The van der Waals surface area contributed by atoms with Gasteiger partial charge in [-0.15, -0.1) is 0 Å². The molecule has 2 aromatic rings. The molecule has 1 aromatic heterocycles. The molecule has 0 atom stereocenters. The van der Waals surface area contributed by atoms with Crippen LogP contribution in [0.4, 0.5) is 10.1 Å². The van der Waals surface area contributed by atoms with Gasteiger partial charge in [0, 0.05) is 25.4 Å². The number of para-hydroxylation sites is 1. The lowest BCUT2D eigenvalue weighted by atomic mass is 10.3. The quantitative estimate of drug-likeness (QED) is 0.875. The number of pyridine rings is 1. The van der Waals surface area contributed by atoms with Crippen molar-refractivity contribution in [2.75, 3.05) is 11.9 Å². The molecule has 0 radical (unpaired) electrons. The normalized spacial score (nSPS) is 10.2. The molecule has 0 aliphatic heterocycles. The Morgan fingerprint density at radius 3 is 2.65 bits per heavy atom. The lowest BCUT2D eigenvalue weighted by Crippen LogP contribution is -2.22. The Morgan fingerprint density at radius 1 is 1.12 bits per heavy atom. The van der Waals surface area contributed by atoms with E-state index in [1.54, 1.807) is 41.1 Å². The Labute approximate surface area is 98.5 Å². The highest BCUT2D eigenvalue weighted by Crippen LogP contribution is 2.11. The number of aromatic nitrogens is 1. The van der Waals surface area contributed by atoms with Gasteiger partial charge in [0.2, 0.25) is 0 Å². The molecule has 0 spiro atoms. The minimum atomic E-state index is -0.284. The predicted octanol–water partition coefficient (Wildman–Crippen LogP) is 2.10. The molecule has 1 heterocycles. The molecule has 0 amide bonds. The summed E-state index contributed by atoms with van der Waals surface area (Å²) in [5.74, 6) is -0.284. The molecule has 0 aliphatic carbocycles. The van der Waals surface area contributed by atoms with E-state index in [2.05, 4.69) is 5.32 Å². The maximum absolute atomic E-state index is 13.3. The number of halogens is 1. The molecular weight excluding hydrogens is 219 g/mol. The van der Waals surface area contributed by atoms with Gasteiger partial charge in [0.05, 0.1) is 5.69 Å². The molecule has 0 fully saturated rings. The molecule has 0 aliphatic rings. The monoisotopic (exact) mass is 232 g/mol. The third-order valence-electron chi connectivity index (χ3n) is 2.44. The molecule has 1 N–H and O–H groups in total. The van der Waals surface area contributed by atoms with Crippen LogP contribution in [0, 0.1) is 5.82 Å². The van der Waals surface area contributed by atoms with E-state index in [4.69, 9.17) is 0 Å². The summed E-state index contributed by atoms with van der Waals surface area (Å²) in [6.45, 7) is 1.01. The lowest BCUT2D eigenvalue weighted by Gasteiger charge is -2.08. The fourth-order valence-electron chi connectivity index (χ4n) is 1.56. The number of rotatable bonds is 4. The van der Waals surface area contributed by atoms with Crippen LogP contribution >= 0.6 is 0 Å². The Bertz CT molecular complexity index is 551. The second-order valence-electron chi connectivity index (χ2n) is 3.64. The number of anilines is 1. The van der Waals surface area contributed by atoms with Crippen molar-refractivity contribution < 1.29 is 4.39 Å². The highest BCUT2D eigenvalue weighted by molar-refractivity contribution is 5.44. The number of nitrogens with one attached hydrogen (secondary N) is 1.